The summed E-state index contributed by atoms with van der Waals surface area (Å²) in [7, 11) is 3.16. The van der Waals surface area contributed by atoms with Gasteiger partial charge in [0.05, 0.1) is 13.7 Å². The van der Waals surface area contributed by atoms with Crippen LogP contribution in [0.3, 0.4) is 0 Å². The van der Waals surface area contributed by atoms with Crippen molar-refractivity contribution in [3.05, 3.63) is 0 Å². The monoisotopic (exact) mass is 286 g/mol. The van der Waals surface area contributed by atoms with Gasteiger partial charge in [0.25, 0.3) is 0 Å². The molecule has 0 aliphatic heterocycles. The lowest BCUT2D eigenvalue weighted by atomic mass is 10.5. The van der Waals surface area contributed by atoms with Gasteiger partial charge in [0.2, 0.25) is 5.95 Å². The van der Waals surface area contributed by atoms with Gasteiger partial charge in [0.15, 0.2) is 0 Å². The number of nitrogens with one attached hydrogen (secondary N) is 1. The zero-order valence-corrected chi connectivity index (χ0v) is 12.2. The molecule has 114 valence electrons. The molecule has 0 fully saturated rings. The summed E-state index contributed by atoms with van der Waals surface area (Å²) in [5.41, 5.74) is 0. The molecule has 0 saturated carbocycles. The van der Waals surface area contributed by atoms with Crippen LogP contribution in [-0.4, -0.2) is 62.1 Å². The Kier molecular flexibility index (Phi) is 8.32. The van der Waals surface area contributed by atoms with E-state index in [2.05, 4.69) is 20.3 Å². The molecule has 0 amide bonds. The zero-order chi connectivity index (χ0) is 14.6. The smallest absolute Gasteiger partial charge is 0.324 e. The molecule has 0 saturated heterocycles. The number of aromatic nitrogens is 3. The van der Waals surface area contributed by atoms with Crippen molar-refractivity contribution in [1.82, 2.24) is 15.0 Å². The Hall–Kier alpha value is -1.67. The topological polar surface area (TPSA) is 87.6 Å². The highest BCUT2D eigenvalue weighted by Crippen LogP contribution is 2.12. The summed E-state index contributed by atoms with van der Waals surface area (Å²) in [4.78, 5) is 12.1. The molecule has 1 rings (SSSR count). The van der Waals surface area contributed by atoms with Crippen molar-refractivity contribution in [2.45, 2.75) is 13.3 Å². The minimum atomic E-state index is 0.215. The van der Waals surface area contributed by atoms with E-state index in [1.165, 1.54) is 7.11 Å². The van der Waals surface area contributed by atoms with Gasteiger partial charge < -0.3 is 24.3 Å². The first-order valence-electron chi connectivity index (χ1n) is 6.53. The highest BCUT2D eigenvalue weighted by Gasteiger charge is 2.07. The van der Waals surface area contributed by atoms with Crippen LogP contribution in [0.4, 0.5) is 5.95 Å². The van der Waals surface area contributed by atoms with Crippen LogP contribution in [0.25, 0.3) is 0 Å². The van der Waals surface area contributed by atoms with E-state index in [0.29, 0.717) is 38.9 Å². The summed E-state index contributed by atoms with van der Waals surface area (Å²) < 4.78 is 20.7. The summed E-state index contributed by atoms with van der Waals surface area (Å²) >= 11 is 0. The second-order valence-corrected chi connectivity index (χ2v) is 3.77. The number of ether oxygens (including phenoxy) is 4. The van der Waals surface area contributed by atoms with Gasteiger partial charge in [0, 0.05) is 26.9 Å². The lowest BCUT2D eigenvalue weighted by molar-refractivity contribution is 0.0780. The van der Waals surface area contributed by atoms with Crippen molar-refractivity contribution in [1.29, 1.82) is 0 Å². The fraction of sp³-hybridized carbons (Fsp3) is 0.750. The second kappa shape index (κ2) is 10.2. The Morgan fingerprint density at radius 1 is 0.950 bits per heavy atom. The molecule has 1 aromatic rings. The standard InChI is InChI=1S/C12H22N4O4/c1-4-13-10-14-11(18-3)16-12(15-10)20-9-8-19-7-5-6-17-2/h4-9H2,1-3H3,(H,13,14,15,16). The van der Waals surface area contributed by atoms with E-state index in [9.17, 15) is 0 Å². The third kappa shape index (κ3) is 6.48. The third-order valence-electron chi connectivity index (χ3n) is 2.21. The Balaban J connectivity index is 2.33. The molecule has 0 radical (unpaired) electrons. The Labute approximate surface area is 118 Å². The van der Waals surface area contributed by atoms with E-state index in [1.54, 1.807) is 7.11 Å². The van der Waals surface area contributed by atoms with Crippen LogP contribution >= 0.6 is 0 Å². The number of hydrogen-bond acceptors (Lipinski definition) is 8. The van der Waals surface area contributed by atoms with Crippen LogP contribution in [0.5, 0.6) is 12.0 Å². The van der Waals surface area contributed by atoms with Crippen molar-refractivity contribution in [3.63, 3.8) is 0 Å². The van der Waals surface area contributed by atoms with Crippen LogP contribution in [0, 0.1) is 0 Å². The van der Waals surface area contributed by atoms with Gasteiger partial charge in [-0.2, -0.15) is 9.97 Å². The molecular formula is C12H22N4O4. The molecule has 0 bridgehead atoms. The Morgan fingerprint density at radius 3 is 2.45 bits per heavy atom. The molecule has 1 heterocycles. The van der Waals surface area contributed by atoms with Crippen LogP contribution in [0.2, 0.25) is 0 Å². The number of methoxy groups -OCH3 is 2. The summed E-state index contributed by atoms with van der Waals surface area (Å²) in [5, 5.41) is 2.98. The van der Waals surface area contributed by atoms with Crippen LogP contribution in [0.1, 0.15) is 13.3 Å². The van der Waals surface area contributed by atoms with E-state index in [-0.39, 0.29) is 12.0 Å². The summed E-state index contributed by atoms with van der Waals surface area (Å²) in [6.45, 7) is 4.82. The summed E-state index contributed by atoms with van der Waals surface area (Å²) in [6.07, 6.45) is 0.862. The molecule has 0 aromatic carbocycles. The highest BCUT2D eigenvalue weighted by atomic mass is 16.5. The van der Waals surface area contributed by atoms with Gasteiger partial charge in [-0.25, -0.2) is 0 Å². The van der Waals surface area contributed by atoms with Crippen molar-refractivity contribution < 1.29 is 18.9 Å². The molecule has 0 aliphatic rings. The molecule has 0 spiro atoms. The van der Waals surface area contributed by atoms with Crippen molar-refractivity contribution in [2.75, 3.05) is 52.5 Å². The third-order valence-corrected chi connectivity index (χ3v) is 2.21. The molecule has 1 aromatic heterocycles. The first-order valence-corrected chi connectivity index (χ1v) is 6.53. The van der Waals surface area contributed by atoms with Gasteiger partial charge in [0.1, 0.15) is 6.61 Å². The number of hydrogen-bond donors (Lipinski definition) is 1. The predicted molar refractivity (Wildman–Crippen MR) is 73.3 cm³/mol. The van der Waals surface area contributed by atoms with E-state index in [1.807, 2.05) is 6.92 Å². The molecule has 20 heavy (non-hydrogen) atoms. The molecular weight excluding hydrogens is 264 g/mol. The SMILES string of the molecule is CCNc1nc(OC)nc(OCCOCCCOC)n1. The number of rotatable bonds is 11. The maximum absolute atomic E-state index is 5.40. The largest absolute Gasteiger partial charge is 0.467 e. The molecule has 8 heteroatoms. The summed E-state index contributed by atoms with van der Waals surface area (Å²) in [5.74, 6) is 0.426. The van der Waals surface area contributed by atoms with E-state index < -0.39 is 0 Å². The average molecular weight is 286 g/mol. The van der Waals surface area contributed by atoms with Gasteiger partial charge in [-0.15, -0.1) is 4.98 Å². The first-order chi connectivity index (χ1) is 9.80. The number of nitrogens with zero attached hydrogens (tertiary/aromatic N) is 3. The molecule has 0 aliphatic carbocycles. The summed E-state index contributed by atoms with van der Waals surface area (Å²) in [6, 6.07) is 0.431. The van der Waals surface area contributed by atoms with Gasteiger partial charge in [-0.1, -0.05) is 0 Å². The minimum absolute atomic E-state index is 0.215. The fourth-order valence-electron chi connectivity index (χ4n) is 1.33. The Morgan fingerprint density at radius 2 is 1.75 bits per heavy atom. The lowest BCUT2D eigenvalue weighted by Crippen LogP contribution is -2.12. The van der Waals surface area contributed by atoms with Gasteiger partial charge in [-0.3, -0.25) is 0 Å². The van der Waals surface area contributed by atoms with E-state index >= 15 is 0 Å². The van der Waals surface area contributed by atoms with Crippen molar-refractivity contribution in [3.8, 4) is 12.0 Å². The van der Waals surface area contributed by atoms with Gasteiger partial charge >= 0.3 is 12.0 Å². The molecule has 8 nitrogen and oxygen atoms in total. The quantitative estimate of drug-likeness (QED) is 0.596. The van der Waals surface area contributed by atoms with Crippen LogP contribution in [0.15, 0.2) is 0 Å². The van der Waals surface area contributed by atoms with E-state index in [4.69, 9.17) is 18.9 Å². The Bertz CT molecular complexity index is 378. The van der Waals surface area contributed by atoms with Crippen LogP contribution in [-0.2, 0) is 9.47 Å². The van der Waals surface area contributed by atoms with Gasteiger partial charge in [-0.05, 0) is 13.3 Å². The second-order valence-electron chi connectivity index (χ2n) is 3.77. The number of anilines is 1. The molecule has 0 atom stereocenters. The average Bonchev–Trinajstić information content (AvgIpc) is 2.46. The maximum atomic E-state index is 5.40. The molecule has 1 N–H and O–H groups in total. The fourth-order valence-corrected chi connectivity index (χ4v) is 1.33. The lowest BCUT2D eigenvalue weighted by Gasteiger charge is -2.08. The normalized spacial score (nSPS) is 10.3. The van der Waals surface area contributed by atoms with Crippen molar-refractivity contribution >= 4 is 5.95 Å². The predicted octanol–water partition coefficient (Wildman–Crippen LogP) is 0.744. The maximum Gasteiger partial charge on any atom is 0.324 e. The van der Waals surface area contributed by atoms with Crippen LogP contribution < -0.4 is 14.8 Å². The minimum Gasteiger partial charge on any atom is -0.467 e. The van der Waals surface area contributed by atoms with Crippen molar-refractivity contribution in [2.24, 2.45) is 0 Å². The molecule has 0 unspecified atom stereocenters. The highest BCUT2D eigenvalue weighted by molar-refractivity contribution is 5.27. The first kappa shape index (κ1) is 16.4. The van der Waals surface area contributed by atoms with E-state index in [0.717, 1.165) is 6.42 Å². The zero-order valence-electron chi connectivity index (χ0n) is 12.2.